The van der Waals surface area contributed by atoms with Crippen LogP contribution in [0.2, 0.25) is 0 Å². The van der Waals surface area contributed by atoms with Gasteiger partial charge in [0.1, 0.15) is 24.1 Å². The zero-order valence-electron chi connectivity index (χ0n) is 25.2. The average Bonchev–Trinajstić information content (AvgIpc) is 3.62. The molecule has 0 aliphatic carbocycles. The maximum Gasteiger partial charge on any atom is 0.168 e. The molecule has 6 rings (SSSR count). The van der Waals surface area contributed by atoms with Gasteiger partial charge in [-0.15, -0.1) is 0 Å². The van der Waals surface area contributed by atoms with E-state index < -0.39 is 24.5 Å². The van der Waals surface area contributed by atoms with E-state index in [1.54, 1.807) is 10.9 Å². The molecule has 3 aromatic carbocycles. The monoisotopic (exact) mass is 609 g/mol. The Labute approximate surface area is 262 Å². The number of imidazole rings is 1. The molecular formula is C34H39N7O4. The lowest BCUT2D eigenvalue weighted by molar-refractivity contribution is -0.0580. The van der Waals surface area contributed by atoms with E-state index in [0.717, 1.165) is 11.1 Å². The van der Waals surface area contributed by atoms with Crippen molar-refractivity contribution in [2.75, 3.05) is 25.6 Å². The van der Waals surface area contributed by atoms with Crippen molar-refractivity contribution in [3.8, 4) is 0 Å². The SMILES string of the molecule is COC[C@H]1O[C@@H](n2cnc3c(NCC(c4ccccc4)c4ccccc4)nc(CNCc4ccc(CN)cc4)nc32)[C@H](O)[C@@H]1O. The number of ether oxygens (including phenoxy) is 2. The number of nitrogens with two attached hydrogens (primary N) is 1. The summed E-state index contributed by atoms with van der Waals surface area (Å²) >= 11 is 0. The Kier molecular flexibility index (Phi) is 9.75. The van der Waals surface area contributed by atoms with Crippen LogP contribution in [0.3, 0.4) is 0 Å². The molecule has 0 radical (unpaired) electrons. The van der Waals surface area contributed by atoms with Gasteiger partial charge in [0.25, 0.3) is 0 Å². The minimum absolute atomic E-state index is 0.0579. The lowest BCUT2D eigenvalue weighted by Gasteiger charge is -2.20. The minimum atomic E-state index is -1.19. The van der Waals surface area contributed by atoms with Crippen LogP contribution in [0.4, 0.5) is 5.82 Å². The third kappa shape index (κ3) is 6.89. The second-order valence-electron chi connectivity index (χ2n) is 11.2. The summed E-state index contributed by atoms with van der Waals surface area (Å²) < 4.78 is 12.9. The smallest absolute Gasteiger partial charge is 0.168 e. The highest BCUT2D eigenvalue weighted by atomic mass is 16.6. The van der Waals surface area contributed by atoms with E-state index in [4.69, 9.17) is 25.2 Å². The van der Waals surface area contributed by atoms with Crippen molar-refractivity contribution in [1.29, 1.82) is 0 Å². The molecule has 1 fully saturated rings. The summed E-state index contributed by atoms with van der Waals surface area (Å²) in [4.78, 5) is 14.4. The van der Waals surface area contributed by atoms with Gasteiger partial charge in [-0.2, -0.15) is 0 Å². The summed E-state index contributed by atoms with van der Waals surface area (Å²) in [6.45, 7) is 2.21. The molecule has 3 heterocycles. The van der Waals surface area contributed by atoms with Crippen LogP contribution in [0.5, 0.6) is 0 Å². The van der Waals surface area contributed by atoms with Crippen LogP contribution < -0.4 is 16.4 Å². The highest BCUT2D eigenvalue weighted by Crippen LogP contribution is 2.33. The van der Waals surface area contributed by atoms with Crippen molar-refractivity contribution in [2.45, 2.75) is 50.1 Å². The predicted octanol–water partition coefficient (Wildman–Crippen LogP) is 3.08. The number of fused-ring (bicyclic) bond motifs is 1. The zero-order valence-corrected chi connectivity index (χ0v) is 25.2. The highest BCUT2D eigenvalue weighted by molar-refractivity contribution is 5.83. The van der Waals surface area contributed by atoms with E-state index in [-0.39, 0.29) is 12.5 Å². The molecule has 0 amide bonds. The summed E-state index contributed by atoms with van der Waals surface area (Å²) in [5, 5.41) is 28.5. The third-order valence-corrected chi connectivity index (χ3v) is 8.16. The molecule has 0 spiro atoms. The lowest BCUT2D eigenvalue weighted by Crippen LogP contribution is -2.33. The molecule has 1 saturated heterocycles. The largest absolute Gasteiger partial charge is 0.387 e. The molecule has 2 aromatic heterocycles. The van der Waals surface area contributed by atoms with Crippen molar-refractivity contribution < 1.29 is 19.7 Å². The number of methoxy groups -OCH3 is 1. The van der Waals surface area contributed by atoms with Crippen molar-refractivity contribution in [1.82, 2.24) is 24.8 Å². The van der Waals surface area contributed by atoms with E-state index >= 15 is 0 Å². The van der Waals surface area contributed by atoms with Crippen LogP contribution in [-0.2, 0) is 29.1 Å². The number of anilines is 1. The van der Waals surface area contributed by atoms with E-state index in [0.29, 0.717) is 49.0 Å². The van der Waals surface area contributed by atoms with Crippen LogP contribution in [0.15, 0.2) is 91.3 Å². The summed E-state index contributed by atoms with van der Waals surface area (Å²) in [5.41, 5.74) is 11.3. The van der Waals surface area contributed by atoms with Gasteiger partial charge in [0, 0.05) is 32.7 Å². The zero-order chi connectivity index (χ0) is 31.2. The quantitative estimate of drug-likeness (QED) is 0.135. The number of aliphatic hydroxyl groups excluding tert-OH is 2. The predicted molar refractivity (Wildman–Crippen MR) is 171 cm³/mol. The van der Waals surface area contributed by atoms with Crippen LogP contribution in [0.1, 0.15) is 40.2 Å². The molecule has 6 N–H and O–H groups in total. The number of hydrogen-bond acceptors (Lipinski definition) is 10. The first-order valence-electron chi connectivity index (χ1n) is 15.1. The Bertz CT molecular complexity index is 1630. The van der Waals surface area contributed by atoms with E-state index in [1.807, 2.05) is 48.5 Å². The number of hydrogen-bond donors (Lipinski definition) is 5. The van der Waals surface area contributed by atoms with Gasteiger partial charge in [-0.3, -0.25) is 4.57 Å². The fraction of sp³-hybridized carbons (Fsp3) is 0.324. The maximum atomic E-state index is 10.9. The molecule has 4 atom stereocenters. The highest BCUT2D eigenvalue weighted by Gasteiger charge is 2.44. The maximum absolute atomic E-state index is 10.9. The molecule has 5 aromatic rings. The number of rotatable bonds is 13. The Balaban J connectivity index is 1.31. The molecule has 45 heavy (non-hydrogen) atoms. The number of nitrogens with one attached hydrogen (secondary N) is 2. The summed E-state index contributed by atoms with van der Waals surface area (Å²) in [5.74, 6) is 1.17. The topological polar surface area (TPSA) is 153 Å². The van der Waals surface area contributed by atoms with Gasteiger partial charge in [0.05, 0.1) is 19.5 Å². The van der Waals surface area contributed by atoms with Crippen LogP contribution in [0.25, 0.3) is 11.2 Å². The van der Waals surface area contributed by atoms with Crippen molar-refractivity contribution in [2.24, 2.45) is 5.73 Å². The van der Waals surface area contributed by atoms with E-state index in [9.17, 15) is 10.2 Å². The first kappa shape index (κ1) is 30.8. The molecule has 1 aliphatic rings. The van der Waals surface area contributed by atoms with Gasteiger partial charge >= 0.3 is 0 Å². The molecule has 1 aliphatic heterocycles. The molecule has 0 unspecified atom stereocenters. The number of nitrogens with zero attached hydrogens (tertiary/aromatic N) is 4. The lowest BCUT2D eigenvalue weighted by atomic mass is 9.91. The second kappa shape index (κ2) is 14.2. The van der Waals surface area contributed by atoms with Crippen LogP contribution in [0, 0.1) is 0 Å². The molecular weight excluding hydrogens is 570 g/mol. The van der Waals surface area contributed by atoms with Gasteiger partial charge < -0.3 is 36.1 Å². The molecule has 0 bridgehead atoms. The van der Waals surface area contributed by atoms with Gasteiger partial charge in [0.2, 0.25) is 0 Å². The first-order valence-corrected chi connectivity index (χ1v) is 15.1. The fourth-order valence-electron chi connectivity index (χ4n) is 5.72. The van der Waals surface area contributed by atoms with Gasteiger partial charge in [-0.1, -0.05) is 84.9 Å². The summed E-state index contributed by atoms with van der Waals surface area (Å²) in [6.07, 6.45) is -2.31. The fourth-order valence-corrected chi connectivity index (χ4v) is 5.72. The minimum Gasteiger partial charge on any atom is -0.387 e. The number of benzene rings is 3. The Hall–Kier alpha value is -4.23. The van der Waals surface area contributed by atoms with E-state index in [1.165, 1.54) is 18.2 Å². The normalized spacial score (nSPS) is 19.8. The number of aliphatic hydroxyl groups is 2. The third-order valence-electron chi connectivity index (χ3n) is 8.16. The number of aromatic nitrogens is 4. The molecule has 11 heteroatoms. The summed E-state index contributed by atoms with van der Waals surface area (Å²) in [6, 6.07) is 28.8. The Morgan fingerprint density at radius 1 is 0.889 bits per heavy atom. The van der Waals surface area contributed by atoms with Gasteiger partial charge in [0.15, 0.2) is 23.2 Å². The van der Waals surface area contributed by atoms with Crippen LogP contribution >= 0.6 is 0 Å². The van der Waals surface area contributed by atoms with E-state index in [2.05, 4.69) is 52.0 Å². The first-order chi connectivity index (χ1) is 22.1. The standard InChI is InChI=1S/C34H39N7O4/c1-44-20-27-30(42)31(43)34(45-27)41-21-38-29-32(37-18-26(24-8-4-2-5-9-24)25-10-6-3-7-11-25)39-28(40-33(29)41)19-36-17-23-14-12-22(16-35)13-15-23/h2-15,21,26-27,30-31,34,36,42-43H,16-20,35H2,1H3,(H,37,39,40)/t27-,30-,31-,34-/m1/s1. The Morgan fingerprint density at radius 3 is 2.20 bits per heavy atom. The molecule has 234 valence electrons. The molecule has 0 saturated carbocycles. The van der Waals surface area contributed by atoms with Crippen molar-refractivity contribution in [3.05, 3.63) is 119 Å². The second-order valence-corrected chi connectivity index (χ2v) is 11.2. The molecule has 11 nitrogen and oxygen atoms in total. The summed E-state index contributed by atoms with van der Waals surface area (Å²) in [7, 11) is 1.53. The van der Waals surface area contributed by atoms with Crippen LogP contribution in [-0.4, -0.2) is 68.3 Å². The average molecular weight is 610 g/mol. The van der Waals surface area contributed by atoms with Gasteiger partial charge in [-0.25, -0.2) is 15.0 Å². The Morgan fingerprint density at radius 2 is 1.56 bits per heavy atom. The van der Waals surface area contributed by atoms with Crippen molar-refractivity contribution in [3.63, 3.8) is 0 Å². The van der Waals surface area contributed by atoms with Gasteiger partial charge in [-0.05, 0) is 22.3 Å². The van der Waals surface area contributed by atoms with Crippen molar-refractivity contribution >= 4 is 17.0 Å².